The zero-order chi connectivity index (χ0) is 34.0. The second kappa shape index (κ2) is 14.1. The van der Waals surface area contributed by atoms with E-state index in [1.165, 1.54) is 11.3 Å². The average molecular weight is 723 g/mol. The van der Waals surface area contributed by atoms with Gasteiger partial charge in [-0.2, -0.15) is 0 Å². The fraction of sp³-hybridized carbons (Fsp3) is 0.314. The summed E-state index contributed by atoms with van der Waals surface area (Å²) in [6.07, 6.45) is 1.85. The van der Waals surface area contributed by atoms with Crippen molar-refractivity contribution < 1.29 is 28.5 Å². The molecule has 2 aromatic carbocycles. The maximum atomic E-state index is 14.3. The van der Waals surface area contributed by atoms with Crippen LogP contribution in [0.15, 0.2) is 68.0 Å². The van der Waals surface area contributed by atoms with Gasteiger partial charge in [0.15, 0.2) is 16.3 Å². The first-order valence-electron chi connectivity index (χ1n) is 15.2. The number of aromatic nitrogens is 2. The van der Waals surface area contributed by atoms with E-state index in [4.69, 9.17) is 23.9 Å². The van der Waals surface area contributed by atoms with Crippen LogP contribution in [0.25, 0.3) is 11.8 Å². The molecule has 1 aliphatic heterocycles. The summed E-state index contributed by atoms with van der Waals surface area (Å²) in [5.74, 6) is 0.0757. The number of nitrogens with zero attached hydrogens (tertiary/aromatic N) is 3. The number of ether oxygens (including phenoxy) is 4. The summed E-state index contributed by atoms with van der Waals surface area (Å²) >= 11 is 4.91. The number of halogens is 1. The van der Waals surface area contributed by atoms with Crippen LogP contribution in [-0.4, -0.2) is 48.0 Å². The van der Waals surface area contributed by atoms with Gasteiger partial charge in [-0.05, 0) is 101 Å². The van der Waals surface area contributed by atoms with Gasteiger partial charge in [-0.15, -0.1) is 0 Å². The summed E-state index contributed by atoms with van der Waals surface area (Å²) in [6, 6.07) is 11.9. The predicted octanol–water partition coefficient (Wildman–Crippen LogP) is 5.55. The van der Waals surface area contributed by atoms with Crippen LogP contribution >= 0.6 is 27.3 Å². The first-order chi connectivity index (χ1) is 22.5. The van der Waals surface area contributed by atoms with E-state index in [1.807, 2.05) is 45.0 Å². The predicted molar refractivity (Wildman–Crippen MR) is 183 cm³/mol. The Morgan fingerprint density at radius 1 is 0.957 bits per heavy atom. The highest BCUT2D eigenvalue weighted by atomic mass is 79.9. The maximum Gasteiger partial charge on any atom is 0.338 e. The standard InChI is InChI=1S/C35H36BrN3O7S/c1-8-44-28-18-26(36)25(17-27(28)43-7)31-30(34(42)46-10-3)20(5)37-35-39(31)32(40)29(47-35)16-23-15-19(4)38(21(23)6)24-13-11-22(12-14-24)33(41)45-9-2/h11-18,31H,8-10H2,1-7H3/b29-16+/t31-/m1/s1. The fourth-order valence-corrected chi connectivity index (χ4v) is 7.28. The van der Waals surface area contributed by atoms with Gasteiger partial charge in [0.05, 0.1) is 54.3 Å². The molecule has 4 aromatic rings. The van der Waals surface area contributed by atoms with Crippen molar-refractivity contribution >= 4 is 45.3 Å². The smallest absolute Gasteiger partial charge is 0.338 e. The first-order valence-corrected chi connectivity index (χ1v) is 16.8. The Bertz CT molecular complexity index is 2070. The van der Waals surface area contributed by atoms with Crippen LogP contribution in [0.4, 0.5) is 0 Å². The van der Waals surface area contributed by atoms with Gasteiger partial charge in [0.2, 0.25) is 0 Å². The third-order valence-corrected chi connectivity index (χ3v) is 9.46. The number of aryl methyl sites for hydroxylation is 1. The molecule has 1 aliphatic rings. The highest BCUT2D eigenvalue weighted by molar-refractivity contribution is 9.10. The third kappa shape index (κ3) is 6.44. The molecule has 0 unspecified atom stereocenters. The molecule has 0 N–H and O–H groups in total. The van der Waals surface area contributed by atoms with E-state index in [9.17, 15) is 14.4 Å². The molecule has 5 rings (SSSR count). The third-order valence-electron chi connectivity index (χ3n) is 7.79. The van der Waals surface area contributed by atoms with Crippen molar-refractivity contribution in [2.45, 2.75) is 47.6 Å². The van der Waals surface area contributed by atoms with Crippen LogP contribution in [0.3, 0.4) is 0 Å². The van der Waals surface area contributed by atoms with Crippen LogP contribution in [0.2, 0.25) is 0 Å². The minimum Gasteiger partial charge on any atom is -0.493 e. The quantitative estimate of drug-likeness (QED) is 0.198. The normalized spacial score (nSPS) is 14.5. The Kier molecular flexibility index (Phi) is 10.2. The molecular weight excluding hydrogens is 686 g/mol. The SMILES string of the molecule is CCOC(=O)C1=C(C)N=c2s/c(=C/c3cc(C)n(-c4ccc(C(=O)OCC)cc4)c3C)c(=O)n2[C@@H]1c1cc(OC)c(OCC)cc1Br. The number of esters is 2. The van der Waals surface area contributed by atoms with Crippen LogP contribution < -0.4 is 24.4 Å². The van der Waals surface area contributed by atoms with Gasteiger partial charge in [0, 0.05) is 21.5 Å². The summed E-state index contributed by atoms with van der Waals surface area (Å²) in [5, 5.41) is 0. The molecule has 3 heterocycles. The molecule has 0 spiro atoms. The van der Waals surface area contributed by atoms with Crippen molar-refractivity contribution in [2.24, 2.45) is 4.99 Å². The monoisotopic (exact) mass is 721 g/mol. The van der Waals surface area contributed by atoms with Gasteiger partial charge in [-0.25, -0.2) is 14.6 Å². The van der Waals surface area contributed by atoms with Crippen molar-refractivity contribution in [3.05, 3.63) is 106 Å². The Morgan fingerprint density at radius 3 is 2.28 bits per heavy atom. The molecular formula is C35H36BrN3O7S. The molecule has 246 valence electrons. The number of rotatable bonds is 10. The summed E-state index contributed by atoms with van der Waals surface area (Å²) in [7, 11) is 1.54. The van der Waals surface area contributed by atoms with E-state index < -0.39 is 12.0 Å². The molecule has 1 atom stereocenters. The number of methoxy groups -OCH3 is 1. The van der Waals surface area contributed by atoms with Gasteiger partial charge in [0.1, 0.15) is 0 Å². The van der Waals surface area contributed by atoms with Crippen molar-refractivity contribution in [3.63, 3.8) is 0 Å². The van der Waals surface area contributed by atoms with Crippen LogP contribution in [0.5, 0.6) is 11.5 Å². The second-order valence-corrected chi connectivity index (χ2v) is 12.6. The lowest BCUT2D eigenvalue weighted by atomic mass is 9.95. The van der Waals surface area contributed by atoms with Crippen molar-refractivity contribution in [3.8, 4) is 17.2 Å². The molecule has 0 saturated carbocycles. The number of benzene rings is 2. The summed E-state index contributed by atoms with van der Waals surface area (Å²) in [6.45, 7) is 12.0. The van der Waals surface area contributed by atoms with Crippen LogP contribution in [0, 0.1) is 13.8 Å². The average Bonchev–Trinajstić information content (AvgIpc) is 3.50. The minimum absolute atomic E-state index is 0.168. The summed E-state index contributed by atoms with van der Waals surface area (Å²) in [5.41, 5.74) is 5.12. The molecule has 0 aliphatic carbocycles. The minimum atomic E-state index is -0.836. The zero-order valence-electron chi connectivity index (χ0n) is 27.3. The van der Waals surface area contributed by atoms with E-state index in [-0.39, 0.29) is 23.7 Å². The second-order valence-electron chi connectivity index (χ2n) is 10.7. The van der Waals surface area contributed by atoms with Crippen LogP contribution in [-0.2, 0) is 14.3 Å². The lowest BCUT2D eigenvalue weighted by molar-refractivity contribution is -0.139. The summed E-state index contributed by atoms with van der Waals surface area (Å²) in [4.78, 5) is 45.0. The lowest BCUT2D eigenvalue weighted by Gasteiger charge is -2.26. The topological polar surface area (TPSA) is 110 Å². The van der Waals surface area contributed by atoms with Gasteiger partial charge >= 0.3 is 11.9 Å². The Labute approximate surface area is 284 Å². The maximum absolute atomic E-state index is 14.3. The Morgan fingerprint density at radius 2 is 1.64 bits per heavy atom. The van der Waals surface area contributed by atoms with Gasteiger partial charge < -0.3 is 23.5 Å². The van der Waals surface area contributed by atoms with E-state index >= 15 is 0 Å². The molecule has 0 fully saturated rings. The number of thiazole rings is 1. The van der Waals surface area contributed by atoms with Gasteiger partial charge in [0.25, 0.3) is 5.56 Å². The number of carbonyl (C=O) groups is 2. The van der Waals surface area contributed by atoms with E-state index in [1.54, 1.807) is 56.7 Å². The zero-order valence-corrected chi connectivity index (χ0v) is 29.7. The Balaban J connectivity index is 1.66. The first kappa shape index (κ1) is 33.9. The van der Waals surface area contributed by atoms with Gasteiger partial charge in [-0.3, -0.25) is 9.36 Å². The van der Waals surface area contributed by atoms with E-state index in [2.05, 4.69) is 20.5 Å². The van der Waals surface area contributed by atoms with Crippen molar-refractivity contribution in [1.82, 2.24) is 9.13 Å². The molecule has 47 heavy (non-hydrogen) atoms. The largest absolute Gasteiger partial charge is 0.493 e. The van der Waals surface area contributed by atoms with Gasteiger partial charge in [-0.1, -0.05) is 27.3 Å². The molecule has 2 aromatic heterocycles. The molecule has 12 heteroatoms. The number of fused-ring (bicyclic) bond motifs is 1. The van der Waals surface area contributed by atoms with E-state index in [0.29, 0.717) is 55.3 Å². The number of carbonyl (C=O) groups excluding carboxylic acids is 2. The number of allylic oxidation sites excluding steroid dienone is 1. The van der Waals surface area contributed by atoms with Crippen molar-refractivity contribution in [1.29, 1.82) is 0 Å². The summed E-state index contributed by atoms with van der Waals surface area (Å²) < 4.78 is 26.7. The molecule has 0 saturated heterocycles. The molecule has 0 bridgehead atoms. The number of hydrogen-bond acceptors (Lipinski definition) is 9. The highest BCUT2D eigenvalue weighted by Crippen LogP contribution is 2.41. The molecule has 10 nitrogen and oxygen atoms in total. The number of hydrogen-bond donors (Lipinski definition) is 0. The highest BCUT2D eigenvalue weighted by Gasteiger charge is 2.35. The molecule has 0 amide bonds. The molecule has 0 radical (unpaired) electrons. The van der Waals surface area contributed by atoms with Crippen molar-refractivity contribution in [2.75, 3.05) is 26.9 Å². The Hall–Kier alpha value is -4.42. The van der Waals surface area contributed by atoms with E-state index in [0.717, 1.165) is 22.6 Å². The lowest BCUT2D eigenvalue weighted by Crippen LogP contribution is -2.40. The fourth-order valence-electron chi connectivity index (χ4n) is 5.71. The van der Waals surface area contributed by atoms with Crippen LogP contribution in [0.1, 0.15) is 66.6 Å².